The molecule has 0 aromatic heterocycles. The number of esters is 2. The molecule has 1 aliphatic rings. The average molecular weight is 499 g/mol. The smallest absolute Gasteiger partial charge is 0.345 e. The zero-order chi connectivity index (χ0) is 26.2. The number of nitro groups is 1. The number of nitro benzene ring substituents is 1. The van der Waals surface area contributed by atoms with E-state index in [1.807, 2.05) is 0 Å². The minimum absolute atomic E-state index is 0.0139. The van der Waals surface area contributed by atoms with Crippen LogP contribution in [-0.4, -0.2) is 49.8 Å². The second kappa shape index (κ2) is 11.7. The number of amides is 2. The van der Waals surface area contributed by atoms with Gasteiger partial charge in [0.2, 0.25) is 0 Å². The van der Waals surface area contributed by atoms with Crippen LogP contribution in [0.3, 0.4) is 0 Å². The van der Waals surface area contributed by atoms with E-state index in [1.165, 1.54) is 7.11 Å². The molecule has 190 valence electrons. The Hall–Kier alpha value is -4.61. The van der Waals surface area contributed by atoms with Gasteiger partial charge in [-0.3, -0.25) is 10.1 Å². The first-order valence-electron chi connectivity index (χ1n) is 11.0. The molecule has 2 aromatic carbocycles. The molecule has 2 aromatic rings. The maximum Gasteiger partial charge on any atom is 0.345 e. The molecule has 0 bridgehead atoms. The van der Waals surface area contributed by atoms with E-state index in [0.717, 1.165) is 12.1 Å². The summed E-state index contributed by atoms with van der Waals surface area (Å²) >= 11 is 0. The summed E-state index contributed by atoms with van der Waals surface area (Å²) in [7, 11) is 1.32. The molecule has 0 aliphatic carbocycles. The van der Waals surface area contributed by atoms with Crippen LogP contribution < -0.4 is 20.1 Å². The highest BCUT2D eigenvalue weighted by molar-refractivity contribution is 5.97. The van der Waals surface area contributed by atoms with Crippen molar-refractivity contribution in [1.29, 1.82) is 0 Å². The summed E-state index contributed by atoms with van der Waals surface area (Å²) in [5, 5.41) is 16.7. The van der Waals surface area contributed by atoms with Gasteiger partial charge in [-0.15, -0.1) is 0 Å². The Labute approximate surface area is 206 Å². The molecule has 3 rings (SSSR count). The number of hydrogen-bond donors (Lipinski definition) is 2. The van der Waals surface area contributed by atoms with Crippen molar-refractivity contribution >= 4 is 23.7 Å². The van der Waals surface area contributed by atoms with Crippen LogP contribution in [0.1, 0.15) is 35.8 Å². The maximum absolute atomic E-state index is 12.9. The van der Waals surface area contributed by atoms with Gasteiger partial charge in [0.05, 0.1) is 48.6 Å². The summed E-state index contributed by atoms with van der Waals surface area (Å²) < 4.78 is 21.0. The molecular formula is C24H25N3O9. The van der Waals surface area contributed by atoms with Gasteiger partial charge in [-0.2, -0.15) is 0 Å². The Morgan fingerprint density at radius 2 is 1.75 bits per heavy atom. The number of carbonyl (C=O) groups is 3. The summed E-state index contributed by atoms with van der Waals surface area (Å²) in [5.41, 5.74) is -0.320. The number of benzene rings is 2. The minimum Gasteiger partial charge on any atom is -0.493 e. The Morgan fingerprint density at radius 3 is 2.36 bits per heavy atom. The molecular weight excluding hydrogens is 474 g/mol. The first kappa shape index (κ1) is 26.0. The van der Waals surface area contributed by atoms with Gasteiger partial charge in [-0.05, 0) is 19.4 Å². The van der Waals surface area contributed by atoms with Crippen LogP contribution in [0.25, 0.3) is 0 Å². The van der Waals surface area contributed by atoms with Gasteiger partial charge in [0.15, 0.2) is 11.5 Å². The zero-order valence-corrected chi connectivity index (χ0v) is 19.9. The van der Waals surface area contributed by atoms with E-state index >= 15 is 0 Å². The van der Waals surface area contributed by atoms with Gasteiger partial charge in [0.1, 0.15) is 12.2 Å². The maximum atomic E-state index is 12.9. The second-order valence-electron chi connectivity index (χ2n) is 7.34. The number of carbonyl (C=O) groups excluding carboxylic acids is 3. The Balaban J connectivity index is 1.97. The van der Waals surface area contributed by atoms with Crippen LogP contribution in [-0.2, 0) is 14.3 Å². The van der Waals surface area contributed by atoms with Crippen LogP contribution in [0, 0.1) is 10.1 Å². The molecule has 1 unspecified atom stereocenters. The first-order chi connectivity index (χ1) is 17.3. The van der Waals surface area contributed by atoms with E-state index < -0.39 is 46.8 Å². The highest BCUT2D eigenvalue weighted by Crippen LogP contribution is 2.35. The predicted octanol–water partition coefficient (Wildman–Crippen LogP) is 3.03. The number of nitrogens with one attached hydrogen (secondary N) is 2. The van der Waals surface area contributed by atoms with Crippen molar-refractivity contribution in [3.63, 3.8) is 0 Å². The van der Waals surface area contributed by atoms with E-state index in [0.29, 0.717) is 5.56 Å². The summed E-state index contributed by atoms with van der Waals surface area (Å²) in [5.74, 6) is -1.60. The van der Waals surface area contributed by atoms with E-state index in [2.05, 4.69) is 10.6 Å². The number of methoxy groups -OCH3 is 1. The molecule has 0 saturated carbocycles. The van der Waals surface area contributed by atoms with E-state index in [1.54, 1.807) is 44.2 Å². The van der Waals surface area contributed by atoms with E-state index in [4.69, 9.17) is 18.9 Å². The number of ether oxygens (including phenoxy) is 4. The van der Waals surface area contributed by atoms with Crippen molar-refractivity contribution in [3.05, 3.63) is 75.0 Å². The van der Waals surface area contributed by atoms with Gasteiger partial charge in [-0.1, -0.05) is 30.3 Å². The quantitative estimate of drug-likeness (QED) is 0.285. The second-order valence-corrected chi connectivity index (χ2v) is 7.34. The van der Waals surface area contributed by atoms with Crippen LogP contribution >= 0.6 is 0 Å². The molecule has 1 heterocycles. The molecule has 0 spiro atoms. The van der Waals surface area contributed by atoms with Crippen LogP contribution in [0.2, 0.25) is 0 Å². The molecule has 2 N–H and O–H groups in total. The summed E-state index contributed by atoms with van der Waals surface area (Å²) in [6, 6.07) is 9.41. The van der Waals surface area contributed by atoms with Crippen molar-refractivity contribution in [2.75, 3.05) is 26.9 Å². The van der Waals surface area contributed by atoms with Gasteiger partial charge >= 0.3 is 18.0 Å². The van der Waals surface area contributed by atoms with E-state index in [9.17, 15) is 24.5 Å². The molecule has 36 heavy (non-hydrogen) atoms. The fourth-order valence-corrected chi connectivity index (χ4v) is 3.58. The van der Waals surface area contributed by atoms with Crippen molar-refractivity contribution in [2.24, 2.45) is 0 Å². The lowest BCUT2D eigenvalue weighted by Crippen LogP contribution is -2.47. The Morgan fingerprint density at radius 1 is 1.03 bits per heavy atom. The molecule has 2 amide bonds. The molecule has 0 radical (unpaired) electrons. The normalized spacial score (nSPS) is 14.9. The Bertz CT molecular complexity index is 1190. The third-order valence-electron chi connectivity index (χ3n) is 5.13. The predicted molar refractivity (Wildman–Crippen MR) is 126 cm³/mol. The highest BCUT2D eigenvalue weighted by Gasteiger charge is 2.34. The Kier molecular flexibility index (Phi) is 8.44. The van der Waals surface area contributed by atoms with Crippen LogP contribution in [0.4, 0.5) is 10.5 Å². The van der Waals surface area contributed by atoms with Crippen LogP contribution in [0.5, 0.6) is 11.5 Å². The number of hydrogen-bond acceptors (Lipinski definition) is 9. The average Bonchev–Trinajstić information content (AvgIpc) is 2.87. The monoisotopic (exact) mass is 499 g/mol. The van der Waals surface area contributed by atoms with Gasteiger partial charge < -0.3 is 29.6 Å². The lowest BCUT2D eigenvalue weighted by Gasteiger charge is -2.29. The van der Waals surface area contributed by atoms with Crippen molar-refractivity contribution in [2.45, 2.75) is 19.9 Å². The minimum atomic E-state index is -1.07. The summed E-state index contributed by atoms with van der Waals surface area (Å²) in [4.78, 5) is 48.9. The van der Waals surface area contributed by atoms with Gasteiger partial charge in [0, 0.05) is 6.07 Å². The molecule has 12 heteroatoms. The third kappa shape index (κ3) is 5.71. The molecule has 12 nitrogen and oxygen atoms in total. The molecule has 0 saturated heterocycles. The van der Waals surface area contributed by atoms with Crippen molar-refractivity contribution in [1.82, 2.24) is 10.6 Å². The number of nitrogens with zero attached hydrogens (tertiary/aromatic N) is 1. The largest absolute Gasteiger partial charge is 0.493 e. The van der Waals surface area contributed by atoms with Crippen molar-refractivity contribution < 1.29 is 38.3 Å². The number of rotatable bonds is 10. The molecule has 0 fully saturated rings. The molecule has 1 atom stereocenters. The topological polar surface area (TPSA) is 155 Å². The lowest BCUT2D eigenvalue weighted by atomic mass is 9.95. The fourth-order valence-electron chi connectivity index (χ4n) is 3.58. The van der Waals surface area contributed by atoms with Gasteiger partial charge in [0.25, 0.3) is 5.69 Å². The highest BCUT2D eigenvalue weighted by atomic mass is 16.6. The van der Waals surface area contributed by atoms with Crippen LogP contribution in [0.15, 0.2) is 53.7 Å². The summed E-state index contributed by atoms with van der Waals surface area (Å²) in [6.45, 7) is 3.05. The van der Waals surface area contributed by atoms with Crippen molar-refractivity contribution in [3.8, 4) is 11.5 Å². The number of urea groups is 1. The lowest BCUT2D eigenvalue weighted by molar-refractivity contribution is -0.385. The SMILES string of the molecule is CCOC(=O)C1=C(COC(=O)c2cc(OC)c(OCC)cc2[N+](=O)[O-])NC(=O)NC1c1ccccc1. The molecule has 1 aliphatic heterocycles. The van der Waals surface area contributed by atoms with E-state index in [-0.39, 0.29) is 36.0 Å². The first-order valence-corrected chi connectivity index (χ1v) is 11.0. The van der Waals surface area contributed by atoms with Gasteiger partial charge in [-0.25, -0.2) is 14.4 Å². The summed E-state index contributed by atoms with van der Waals surface area (Å²) in [6.07, 6.45) is 0. The standard InChI is InChI=1S/C24H25N3O9/c1-4-34-19-12-17(27(31)32)15(11-18(19)33-3)22(28)36-13-16-20(23(29)35-5-2)21(26-24(30)25-16)14-9-7-6-8-10-14/h6-12,21H,4-5,13H2,1-3H3,(H2,25,26,30). The fraction of sp³-hybridized carbons (Fsp3) is 0.292. The zero-order valence-electron chi connectivity index (χ0n) is 19.9. The third-order valence-corrected chi connectivity index (χ3v) is 5.13.